The number of primary amides is 1. The zero-order valence-electron chi connectivity index (χ0n) is 10.7. The summed E-state index contributed by atoms with van der Waals surface area (Å²) in [5, 5.41) is 0. The molecule has 0 heterocycles. The summed E-state index contributed by atoms with van der Waals surface area (Å²) in [6.45, 7) is 4.00. The average Bonchev–Trinajstić information content (AvgIpc) is 2.34. The highest BCUT2D eigenvalue weighted by Gasteiger charge is 2.22. The van der Waals surface area contributed by atoms with E-state index in [0.29, 0.717) is 12.2 Å². The predicted molar refractivity (Wildman–Crippen MR) is 70.7 cm³/mol. The Morgan fingerprint density at radius 2 is 2.06 bits per heavy atom. The zero-order chi connectivity index (χ0) is 13.7. The Balaban J connectivity index is 2.85. The van der Waals surface area contributed by atoms with Crippen LogP contribution in [0.5, 0.6) is 0 Å². The smallest absolute Gasteiger partial charge is 0.237 e. The summed E-state index contributed by atoms with van der Waals surface area (Å²) < 4.78 is 0. The number of nitrogen functional groups attached to an aromatic ring is 1. The maximum absolute atomic E-state index is 12.2. The second kappa shape index (κ2) is 6.05. The van der Waals surface area contributed by atoms with Crippen molar-refractivity contribution in [2.24, 2.45) is 5.73 Å². The molecule has 0 radical (unpaired) electrons. The fourth-order valence-electron chi connectivity index (χ4n) is 1.78. The zero-order valence-corrected chi connectivity index (χ0v) is 10.7. The highest BCUT2D eigenvalue weighted by atomic mass is 16.2. The number of amides is 2. The summed E-state index contributed by atoms with van der Waals surface area (Å²) in [5.41, 5.74) is 12.3. The molecule has 0 saturated carbocycles. The molecule has 0 aliphatic heterocycles. The molecule has 0 saturated heterocycles. The van der Waals surface area contributed by atoms with Crippen molar-refractivity contribution in [3.05, 3.63) is 29.8 Å². The number of rotatable bonds is 5. The van der Waals surface area contributed by atoms with Gasteiger partial charge in [-0.05, 0) is 31.5 Å². The van der Waals surface area contributed by atoms with E-state index in [0.717, 1.165) is 5.56 Å². The minimum atomic E-state index is -0.509. The topological polar surface area (TPSA) is 89.4 Å². The second-order valence-corrected chi connectivity index (χ2v) is 4.21. The second-order valence-electron chi connectivity index (χ2n) is 4.21. The molecule has 1 rings (SSSR count). The average molecular weight is 249 g/mol. The number of benzene rings is 1. The molecule has 2 amide bonds. The van der Waals surface area contributed by atoms with E-state index in [1.165, 1.54) is 4.90 Å². The maximum Gasteiger partial charge on any atom is 0.237 e. The molecule has 18 heavy (non-hydrogen) atoms. The minimum Gasteiger partial charge on any atom is -0.399 e. The summed E-state index contributed by atoms with van der Waals surface area (Å²) >= 11 is 0. The van der Waals surface area contributed by atoms with Crippen molar-refractivity contribution in [1.82, 2.24) is 4.90 Å². The van der Waals surface area contributed by atoms with Crippen LogP contribution in [0.25, 0.3) is 0 Å². The molecule has 1 aromatic rings. The van der Waals surface area contributed by atoms with Crippen molar-refractivity contribution in [2.75, 3.05) is 18.8 Å². The van der Waals surface area contributed by atoms with Crippen LogP contribution in [0.15, 0.2) is 24.3 Å². The number of hydrogen-bond acceptors (Lipinski definition) is 3. The lowest BCUT2D eigenvalue weighted by molar-refractivity contribution is -0.135. The third-order valence-electron chi connectivity index (χ3n) is 2.82. The first-order valence-electron chi connectivity index (χ1n) is 5.88. The Morgan fingerprint density at radius 1 is 1.39 bits per heavy atom. The molecule has 5 heteroatoms. The van der Waals surface area contributed by atoms with E-state index in [2.05, 4.69) is 0 Å². The number of nitrogens with two attached hydrogens (primary N) is 2. The van der Waals surface area contributed by atoms with Gasteiger partial charge in [-0.1, -0.05) is 12.1 Å². The fourth-order valence-corrected chi connectivity index (χ4v) is 1.78. The Morgan fingerprint density at radius 3 is 2.56 bits per heavy atom. The lowest BCUT2D eigenvalue weighted by Crippen LogP contribution is -2.40. The Hall–Kier alpha value is -2.04. The predicted octanol–water partition coefficient (Wildman–Crippen LogP) is 0.706. The molecule has 4 N–H and O–H groups in total. The van der Waals surface area contributed by atoms with Crippen molar-refractivity contribution in [3.63, 3.8) is 0 Å². The standard InChI is InChI=1S/C13H19N3O2/c1-3-16(8-12(15)17)13(18)9(2)10-5-4-6-11(14)7-10/h4-7,9H,3,8,14H2,1-2H3,(H2,15,17). The molecule has 0 aliphatic rings. The third-order valence-corrected chi connectivity index (χ3v) is 2.82. The van der Waals surface area contributed by atoms with Crippen LogP contribution in [0.4, 0.5) is 5.69 Å². The van der Waals surface area contributed by atoms with Gasteiger partial charge in [0.05, 0.1) is 12.5 Å². The number of nitrogens with zero attached hydrogens (tertiary/aromatic N) is 1. The van der Waals surface area contributed by atoms with E-state index in [9.17, 15) is 9.59 Å². The molecule has 1 unspecified atom stereocenters. The SMILES string of the molecule is CCN(CC(N)=O)C(=O)C(C)c1cccc(N)c1. The molecule has 0 bridgehead atoms. The third kappa shape index (κ3) is 3.48. The van der Waals surface area contributed by atoms with Crippen LogP contribution in [0.2, 0.25) is 0 Å². The van der Waals surface area contributed by atoms with Gasteiger partial charge in [-0.15, -0.1) is 0 Å². The monoisotopic (exact) mass is 249 g/mol. The number of carbonyl (C=O) groups is 2. The summed E-state index contributed by atoms with van der Waals surface area (Å²) in [4.78, 5) is 24.5. The summed E-state index contributed by atoms with van der Waals surface area (Å²) in [6.07, 6.45) is 0. The van der Waals surface area contributed by atoms with E-state index in [-0.39, 0.29) is 18.4 Å². The molecule has 5 nitrogen and oxygen atoms in total. The minimum absolute atomic E-state index is 0.0536. The Bertz CT molecular complexity index is 446. The molecule has 1 atom stereocenters. The van der Waals surface area contributed by atoms with Gasteiger partial charge in [0.15, 0.2) is 0 Å². The number of hydrogen-bond donors (Lipinski definition) is 2. The van der Waals surface area contributed by atoms with Gasteiger partial charge in [-0.2, -0.15) is 0 Å². The van der Waals surface area contributed by atoms with E-state index < -0.39 is 5.91 Å². The molecule has 0 spiro atoms. The fraction of sp³-hybridized carbons (Fsp3) is 0.385. The number of likely N-dealkylation sites (N-methyl/N-ethyl adjacent to an activating group) is 1. The quantitative estimate of drug-likeness (QED) is 0.753. The van der Waals surface area contributed by atoms with Crippen LogP contribution in [0, 0.1) is 0 Å². The van der Waals surface area contributed by atoms with E-state index in [1.54, 1.807) is 25.1 Å². The summed E-state index contributed by atoms with van der Waals surface area (Å²) in [7, 11) is 0. The van der Waals surface area contributed by atoms with Crippen LogP contribution in [0.3, 0.4) is 0 Å². The molecular formula is C13H19N3O2. The molecule has 0 aliphatic carbocycles. The van der Waals surface area contributed by atoms with E-state index in [4.69, 9.17) is 11.5 Å². The lowest BCUT2D eigenvalue weighted by atomic mass is 9.99. The Kier molecular flexibility index (Phi) is 4.71. The highest BCUT2D eigenvalue weighted by molar-refractivity contribution is 5.87. The first-order chi connectivity index (χ1) is 8.45. The van der Waals surface area contributed by atoms with Gasteiger partial charge in [0, 0.05) is 12.2 Å². The number of carbonyl (C=O) groups excluding carboxylic acids is 2. The normalized spacial score (nSPS) is 11.9. The highest BCUT2D eigenvalue weighted by Crippen LogP contribution is 2.20. The Labute approximate surface area is 107 Å². The molecular weight excluding hydrogens is 230 g/mol. The summed E-state index contributed by atoms with van der Waals surface area (Å²) in [5.74, 6) is -0.973. The van der Waals surface area contributed by atoms with Crippen LogP contribution in [-0.2, 0) is 9.59 Å². The van der Waals surface area contributed by atoms with Crippen LogP contribution in [0.1, 0.15) is 25.3 Å². The van der Waals surface area contributed by atoms with Gasteiger partial charge in [0.2, 0.25) is 11.8 Å². The van der Waals surface area contributed by atoms with Gasteiger partial charge in [0.25, 0.3) is 0 Å². The largest absolute Gasteiger partial charge is 0.399 e. The van der Waals surface area contributed by atoms with Gasteiger partial charge in [-0.25, -0.2) is 0 Å². The van der Waals surface area contributed by atoms with Crippen molar-refractivity contribution < 1.29 is 9.59 Å². The first-order valence-corrected chi connectivity index (χ1v) is 5.88. The molecule has 0 aromatic heterocycles. The van der Waals surface area contributed by atoms with Crippen LogP contribution < -0.4 is 11.5 Å². The summed E-state index contributed by atoms with van der Waals surface area (Å²) in [6, 6.07) is 7.18. The van der Waals surface area contributed by atoms with Gasteiger partial charge < -0.3 is 16.4 Å². The lowest BCUT2D eigenvalue weighted by Gasteiger charge is -2.23. The van der Waals surface area contributed by atoms with Crippen molar-refractivity contribution in [2.45, 2.75) is 19.8 Å². The maximum atomic E-state index is 12.2. The molecule has 0 fully saturated rings. The van der Waals surface area contributed by atoms with Crippen LogP contribution in [-0.4, -0.2) is 29.8 Å². The molecule has 98 valence electrons. The van der Waals surface area contributed by atoms with E-state index in [1.807, 2.05) is 13.0 Å². The van der Waals surface area contributed by atoms with Crippen LogP contribution >= 0.6 is 0 Å². The van der Waals surface area contributed by atoms with E-state index >= 15 is 0 Å². The number of anilines is 1. The van der Waals surface area contributed by atoms with Crippen molar-refractivity contribution >= 4 is 17.5 Å². The van der Waals surface area contributed by atoms with Gasteiger partial charge in [-0.3, -0.25) is 9.59 Å². The molecule has 1 aromatic carbocycles. The van der Waals surface area contributed by atoms with Gasteiger partial charge >= 0.3 is 0 Å². The van der Waals surface area contributed by atoms with Crippen molar-refractivity contribution in [1.29, 1.82) is 0 Å². The van der Waals surface area contributed by atoms with Crippen molar-refractivity contribution in [3.8, 4) is 0 Å². The first kappa shape index (κ1) is 14.0. The van der Waals surface area contributed by atoms with Gasteiger partial charge in [0.1, 0.15) is 0 Å².